The average Bonchev–Trinajstić information content (AvgIpc) is 2.34. The van der Waals surface area contributed by atoms with Crippen LogP contribution in [0.1, 0.15) is 11.8 Å². The van der Waals surface area contributed by atoms with E-state index in [2.05, 4.69) is 22.5 Å². The highest BCUT2D eigenvalue weighted by atomic mass is 79.9. The molecule has 0 radical (unpaired) electrons. The van der Waals surface area contributed by atoms with Crippen molar-refractivity contribution in [2.24, 2.45) is 5.73 Å². The molecule has 0 bridgehead atoms. The van der Waals surface area contributed by atoms with Gasteiger partial charge in [-0.15, -0.1) is 6.58 Å². The quantitative estimate of drug-likeness (QED) is 0.746. The Hall–Kier alpha value is -0.540. The Morgan fingerprint density at radius 1 is 1.80 bits per heavy atom. The van der Waals surface area contributed by atoms with Gasteiger partial charge in [-0.1, -0.05) is 6.08 Å². The van der Waals surface area contributed by atoms with Crippen LogP contribution in [0.15, 0.2) is 33.9 Å². The van der Waals surface area contributed by atoms with E-state index in [1.807, 2.05) is 6.07 Å². The van der Waals surface area contributed by atoms with Crippen LogP contribution < -0.4 is 5.73 Å². The van der Waals surface area contributed by atoms with Gasteiger partial charge in [0.25, 0.3) is 0 Å². The maximum atomic E-state index is 5.57. The van der Waals surface area contributed by atoms with E-state index in [4.69, 9.17) is 10.2 Å². The normalized spacial score (nSPS) is 13.0. The number of halogens is 1. The molecule has 1 aromatic rings. The minimum absolute atomic E-state index is 0.203. The molecule has 1 aromatic heterocycles. The first kappa shape index (κ1) is 7.57. The summed E-state index contributed by atoms with van der Waals surface area (Å²) in [5.74, 6) is 0.724. The van der Waals surface area contributed by atoms with Crippen molar-refractivity contribution >= 4 is 15.9 Å². The van der Waals surface area contributed by atoms with Crippen molar-refractivity contribution in [1.29, 1.82) is 0 Å². The van der Waals surface area contributed by atoms with Gasteiger partial charge < -0.3 is 10.2 Å². The number of furan rings is 1. The van der Waals surface area contributed by atoms with E-state index >= 15 is 0 Å². The Bertz CT molecular complexity index is 231. The summed E-state index contributed by atoms with van der Waals surface area (Å²) >= 11 is 3.25. The summed E-state index contributed by atoms with van der Waals surface area (Å²) in [7, 11) is 0. The Morgan fingerprint density at radius 2 is 2.50 bits per heavy atom. The molecular weight excluding hydrogens is 194 g/mol. The fraction of sp³-hybridized carbons (Fsp3) is 0.143. The van der Waals surface area contributed by atoms with Gasteiger partial charge in [-0.2, -0.15) is 0 Å². The second-order valence-corrected chi connectivity index (χ2v) is 2.84. The first-order valence-corrected chi connectivity index (χ1v) is 3.65. The van der Waals surface area contributed by atoms with Crippen LogP contribution >= 0.6 is 15.9 Å². The number of nitrogens with two attached hydrogens (primary N) is 1. The van der Waals surface area contributed by atoms with Gasteiger partial charge in [0.05, 0.1) is 10.5 Å². The summed E-state index contributed by atoms with van der Waals surface area (Å²) < 4.78 is 5.98. The maximum Gasteiger partial charge on any atom is 0.125 e. The molecule has 2 N–H and O–H groups in total. The number of hydrogen-bond acceptors (Lipinski definition) is 2. The molecule has 1 atom stereocenters. The Balaban J connectivity index is 2.84. The van der Waals surface area contributed by atoms with Crippen LogP contribution in [0.5, 0.6) is 0 Å². The van der Waals surface area contributed by atoms with E-state index < -0.39 is 0 Å². The molecule has 0 saturated carbocycles. The van der Waals surface area contributed by atoms with E-state index in [9.17, 15) is 0 Å². The predicted molar refractivity (Wildman–Crippen MR) is 43.5 cm³/mol. The summed E-state index contributed by atoms with van der Waals surface area (Å²) in [6, 6.07) is 1.62. The molecular formula is C7H8BrNO. The minimum Gasteiger partial charge on any atom is -0.466 e. The molecule has 2 nitrogen and oxygen atoms in total. The second kappa shape index (κ2) is 3.03. The highest BCUT2D eigenvalue weighted by Crippen LogP contribution is 2.18. The maximum absolute atomic E-state index is 5.57. The van der Waals surface area contributed by atoms with Crippen molar-refractivity contribution < 1.29 is 4.42 Å². The molecule has 0 fully saturated rings. The number of rotatable bonds is 2. The highest BCUT2D eigenvalue weighted by Gasteiger charge is 2.04. The van der Waals surface area contributed by atoms with Crippen LogP contribution in [0.4, 0.5) is 0 Å². The van der Waals surface area contributed by atoms with Gasteiger partial charge in [0.2, 0.25) is 0 Å². The summed E-state index contributed by atoms with van der Waals surface area (Å²) in [5.41, 5.74) is 5.57. The van der Waals surface area contributed by atoms with Crippen LogP contribution in [-0.4, -0.2) is 0 Å². The first-order chi connectivity index (χ1) is 4.74. The summed E-state index contributed by atoms with van der Waals surface area (Å²) in [6.07, 6.45) is 3.23. The molecule has 1 rings (SSSR count). The lowest BCUT2D eigenvalue weighted by Gasteiger charge is -1.97. The molecule has 0 amide bonds. The van der Waals surface area contributed by atoms with E-state index in [0.717, 1.165) is 10.2 Å². The summed E-state index contributed by atoms with van der Waals surface area (Å²) in [4.78, 5) is 0. The van der Waals surface area contributed by atoms with Gasteiger partial charge in [-0.05, 0) is 22.0 Å². The van der Waals surface area contributed by atoms with Crippen molar-refractivity contribution in [3.8, 4) is 0 Å². The molecule has 0 aliphatic rings. The van der Waals surface area contributed by atoms with E-state index in [0.29, 0.717) is 0 Å². The number of hydrogen-bond donors (Lipinski definition) is 1. The van der Waals surface area contributed by atoms with Crippen molar-refractivity contribution in [2.45, 2.75) is 6.04 Å². The van der Waals surface area contributed by atoms with Crippen LogP contribution in [0.2, 0.25) is 0 Å². The lowest BCUT2D eigenvalue weighted by atomic mass is 10.2. The second-order valence-electron chi connectivity index (χ2n) is 1.93. The summed E-state index contributed by atoms with van der Waals surface area (Å²) in [5, 5.41) is 0. The third kappa shape index (κ3) is 1.49. The Labute approximate surface area is 67.8 Å². The molecule has 0 aromatic carbocycles. The molecule has 10 heavy (non-hydrogen) atoms. The monoisotopic (exact) mass is 201 g/mol. The van der Waals surface area contributed by atoms with E-state index in [-0.39, 0.29) is 6.04 Å². The SMILES string of the molecule is C=C[C@@H](N)c1cc(Br)co1. The first-order valence-electron chi connectivity index (χ1n) is 2.86. The van der Waals surface area contributed by atoms with Gasteiger partial charge in [0.1, 0.15) is 12.0 Å². The van der Waals surface area contributed by atoms with Crippen molar-refractivity contribution in [3.63, 3.8) is 0 Å². The van der Waals surface area contributed by atoms with Gasteiger partial charge in [0, 0.05) is 0 Å². The van der Waals surface area contributed by atoms with Crippen molar-refractivity contribution in [3.05, 3.63) is 35.2 Å². The lowest BCUT2D eigenvalue weighted by molar-refractivity contribution is 0.493. The molecule has 0 aliphatic heterocycles. The molecule has 0 unspecified atom stereocenters. The fourth-order valence-corrected chi connectivity index (χ4v) is 0.938. The zero-order valence-electron chi connectivity index (χ0n) is 5.38. The zero-order chi connectivity index (χ0) is 7.56. The van der Waals surface area contributed by atoms with Gasteiger partial charge in [0.15, 0.2) is 0 Å². The molecule has 54 valence electrons. The molecule has 0 aliphatic carbocycles. The van der Waals surface area contributed by atoms with E-state index in [1.165, 1.54) is 0 Å². The lowest BCUT2D eigenvalue weighted by Crippen LogP contribution is -2.04. The standard InChI is InChI=1S/C7H8BrNO/c1-2-6(9)7-3-5(8)4-10-7/h2-4,6H,1,9H2/t6-/m1/s1. The van der Waals surface area contributed by atoms with Crippen molar-refractivity contribution in [1.82, 2.24) is 0 Å². The van der Waals surface area contributed by atoms with Crippen LogP contribution in [0, 0.1) is 0 Å². The van der Waals surface area contributed by atoms with Crippen molar-refractivity contribution in [2.75, 3.05) is 0 Å². The van der Waals surface area contributed by atoms with Crippen LogP contribution in [-0.2, 0) is 0 Å². The van der Waals surface area contributed by atoms with E-state index in [1.54, 1.807) is 12.3 Å². The molecule has 1 heterocycles. The summed E-state index contributed by atoms with van der Waals surface area (Å²) in [6.45, 7) is 3.55. The third-order valence-corrected chi connectivity index (χ3v) is 1.59. The average molecular weight is 202 g/mol. The zero-order valence-corrected chi connectivity index (χ0v) is 6.97. The Kier molecular flexibility index (Phi) is 2.29. The van der Waals surface area contributed by atoms with Gasteiger partial charge in [-0.3, -0.25) is 0 Å². The highest BCUT2D eigenvalue weighted by molar-refractivity contribution is 9.10. The molecule has 0 saturated heterocycles. The predicted octanol–water partition coefficient (Wildman–Crippen LogP) is 2.23. The van der Waals surface area contributed by atoms with Crippen LogP contribution in [0.3, 0.4) is 0 Å². The third-order valence-electron chi connectivity index (χ3n) is 1.17. The van der Waals surface area contributed by atoms with Gasteiger partial charge in [-0.25, -0.2) is 0 Å². The topological polar surface area (TPSA) is 39.2 Å². The molecule has 0 spiro atoms. The van der Waals surface area contributed by atoms with Crippen LogP contribution in [0.25, 0.3) is 0 Å². The fourth-order valence-electron chi connectivity index (χ4n) is 0.619. The molecule has 3 heteroatoms. The smallest absolute Gasteiger partial charge is 0.125 e. The Morgan fingerprint density at radius 3 is 2.90 bits per heavy atom. The minimum atomic E-state index is -0.203. The largest absolute Gasteiger partial charge is 0.466 e. The van der Waals surface area contributed by atoms with Gasteiger partial charge >= 0.3 is 0 Å².